The van der Waals surface area contributed by atoms with Gasteiger partial charge in [0.25, 0.3) is 0 Å². The first-order valence-electron chi connectivity index (χ1n) is 11.7. The van der Waals surface area contributed by atoms with Crippen molar-refractivity contribution in [2.45, 2.75) is 78.2 Å². The Morgan fingerprint density at radius 1 is 0.966 bits per heavy atom. The second-order valence-electron chi connectivity index (χ2n) is 10.0. The molecule has 0 spiro atoms. The molecule has 4 rings (SSSR count). The van der Waals surface area contributed by atoms with Crippen LogP contribution in [0, 0.1) is 5.41 Å². The number of rotatable bonds is 5. The third-order valence-electron chi connectivity index (χ3n) is 8.76. The van der Waals surface area contributed by atoms with E-state index in [1.165, 1.54) is 54.7 Å². The van der Waals surface area contributed by atoms with E-state index in [0.717, 1.165) is 10.9 Å². The molecule has 1 N–H and O–H groups in total. The maximum absolute atomic E-state index is 3.92. The second kappa shape index (κ2) is 7.16. The van der Waals surface area contributed by atoms with Gasteiger partial charge >= 0.3 is 0 Å². The Labute approximate surface area is 177 Å². The number of nitrogens with one attached hydrogen (secondary N) is 1. The zero-order valence-corrected chi connectivity index (χ0v) is 19.3. The Balaban J connectivity index is 1.98. The first-order chi connectivity index (χ1) is 13.9. The third-order valence-corrected chi connectivity index (χ3v) is 8.76. The molecule has 2 aromatic carbocycles. The Kier molecular flexibility index (Phi) is 5.06. The number of quaternary nitrogens is 1. The molecule has 0 saturated carbocycles. The van der Waals surface area contributed by atoms with Crippen LogP contribution < -0.4 is 9.80 Å². The summed E-state index contributed by atoms with van der Waals surface area (Å²) < 4.78 is 1.08. The summed E-state index contributed by atoms with van der Waals surface area (Å²) in [6.07, 6.45) is 6.04. The van der Waals surface area contributed by atoms with E-state index in [9.17, 15) is 0 Å². The average Bonchev–Trinajstić information content (AvgIpc) is 3.43. The van der Waals surface area contributed by atoms with Gasteiger partial charge in [-0.3, -0.25) is 4.48 Å². The smallest absolute Gasteiger partial charge is 0.160 e. The van der Waals surface area contributed by atoms with Crippen molar-refractivity contribution in [1.82, 2.24) is 4.48 Å². The summed E-state index contributed by atoms with van der Waals surface area (Å²) >= 11 is 0. The Bertz CT molecular complexity index is 903. The van der Waals surface area contributed by atoms with Crippen molar-refractivity contribution in [3.63, 3.8) is 0 Å². The lowest BCUT2D eigenvalue weighted by atomic mass is 9.57. The SMILES string of the molecule is CCCCc1cccc2c1[N+]1(C)CC1C(C)(CC)C(C)(CC)c1ccccc1N2. The number of hydrogen-bond donors (Lipinski definition) is 1. The zero-order valence-electron chi connectivity index (χ0n) is 19.3. The topological polar surface area (TPSA) is 12.0 Å². The molecule has 2 heterocycles. The number of likely N-dealkylation sites (N-methyl/N-ethyl adjacent to an activating group) is 1. The molecule has 2 nitrogen and oxygen atoms in total. The number of benzene rings is 2. The highest BCUT2D eigenvalue weighted by Gasteiger charge is 2.68. The molecule has 1 fully saturated rings. The van der Waals surface area contributed by atoms with Gasteiger partial charge in [-0.2, -0.15) is 0 Å². The van der Waals surface area contributed by atoms with Gasteiger partial charge in [0.15, 0.2) is 5.69 Å². The summed E-state index contributed by atoms with van der Waals surface area (Å²) in [6.45, 7) is 13.4. The van der Waals surface area contributed by atoms with Crippen molar-refractivity contribution in [2.75, 3.05) is 18.9 Å². The lowest BCUT2D eigenvalue weighted by Crippen LogP contribution is -2.48. The molecule has 4 unspecified atom stereocenters. The zero-order chi connectivity index (χ0) is 20.9. The fourth-order valence-corrected chi connectivity index (χ4v) is 6.37. The van der Waals surface area contributed by atoms with Crippen LogP contribution in [-0.4, -0.2) is 19.6 Å². The molecule has 2 aliphatic heterocycles. The molecule has 2 heteroatoms. The molecule has 2 aromatic rings. The molecule has 156 valence electrons. The molecule has 2 aliphatic rings. The van der Waals surface area contributed by atoms with Crippen LogP contribution in [0.3, 0.4) is 0 Å². The lowest BCUT2D eigenvalue weighted by Gasteiger charge is -2.46. The number of anilines is 2. The number of para-hydroxylation sites is 2. The van der Waals surface area contributed by atoms with E-state index < -0.39 is 0 Å². The minimum absolute atomic E-state index is 0.137. The van der Waals surface area contributed by atoms with E-state index in [4.69, 9.17) is 0 Å². The van der Waals surface area contributed by atoms with Crippen LogP contribution in [0.5, 0.6) is 0 Å². The van der Waals surface area contributed by atoms with Crippen LogP contribution in [-0.2, 0) is 11.8 Å². The first kappa shape index (κ1) is 20.5. The highest BCUT2D eigenvalue weighted by molar-refractivity contribution is 5.80. The molecule has 0 bridgehead atoms. The Morgan fingerprint density at radius 3 is 2.38 bits per heavy atom. The standard InChI is InChI=1S/C27H39N2/c1-7-10-14-20-15-13-18-23-25(20)29(6)19-24(29)27(5,9-3)26(4,8-2)21-16-11-12-17-22(21)28-23/h11-13,15-18,24,28H,7-10,14,19H2,1-6H3/q+1. The van der Waals surface area contributed by atoms with Crippen molar-refractivity contribution in [2.24, 2.45) is 5.41 Å². The van der Waals surface area contributed by atoms with E-state index in [2.05, 4.69) is 89.4 Å². The Hall–Kier alpha value is -1.80. The van der Waals surface area contributed by atoms with Crippen LogP contribution >= 0.6 is 0 Å². The predicted molar refractivity (Wildman–Crippen MR) is 127 cm³/mol. The van der Waals surface area contributed by atoms with Gasteiger partial charge in [-0.15, -0.1) is 0 Å². The van der Waals surface area contributed by atoms with Gasteiger partial charge in [0.05, 0.1) is 7.05 Å². The second-order valence-corrected chi connectivity index (χ2v) is 10.0. The third kappa shape index (κ3) is 2.86. The fraction of sp³-hybridized carbons (Fsp3) is 0.556. The largest absolute Gasteiger partial charge is 0.350 e. The van der Waals surface area contributed by atoms with E-state index in [0.29, 0.717) is 6.04 Å². The molecule has 4 atom stereocenters. The van der Waals surface area contributed by atoms with Crippen molar-refractivity contribution in [3.8, 4) is 0 Å². The minimum atomic E-state index is 0.137. The maximum Gasteiger partial charge on any atom is 0.160 e. The number of hydrogen-bond acceptors (Lipinski definition) is 1. The molecule has 29 heavy (non-hydrogen) atoms. The number of fused-ring (bicyclic) bond motifs is 4. The van der Waals surface area contributed by atoms with Crippen molar-refractivity contribution in [3.05, 3.63) is 53.6 Å². The van der Waals surface area contributed by atoms with Gasteiger partial charge in [0.2, 0.25) is 0 Å². The summed E-state index contributed by atoms with van der Waals surface area (Å²) in [7, 11) is 2.49. The van der Waals surface area contributed by atoms with Crippen molar-refractivity contribution >= 4 is 17.1 Å². The Morgan fingerprint density at radius 2 is 1.69 bits per heavy atom. The van der Waals surface area contributed by atoms with E-state index >= 15 is 0 Å². The van der Waals surface area contributed by atoms with Crippen LogP contribution in [0.4, 0.5) is 17.1 Å². The van der Waals surface area contributed by atoms with Gasteiger partial charge in [-0.25, -0.2) is 0 Å². The van der Waals surface area contributed by atoms with Crippen LogP contribution in [0.1, 0.15) is 71.4 Å². The van der Waals surface area contributed by atoms with Crippen LogP contribution in [0.25, 0.3) is 0 Å². The van der Waals surface area contributed by atoms with Crippen molar-refractivity contribution < 1.29 is 0 Å². The molecular weight excluding hydrogens is 352 g/mol. The van der Waals surface area contributed by atoms with Gasteiger partial charge in [0, 0.05) is 22.1 Å². The summed E-state index contributed by atoms with van der Waals surface area (Å²) in [5.74, 6) is 0. The number of aryl methyl sites for hydroxylation is 1. The molecule has 0 aromatic heterocycles. The van der Waals surface area contributed by atoms with E-state index in [-0.39, 0.29) is 10.8 Å². The van der Waals surface area contributed by atoms with E-state index in [1.807, 2.05) is 0 Å². The van der Waals surface area contributed by atoms with Gasteiger partial charge in [0.1, 0.15) is 18.3 Å². The molecular formula is C27H39N2+. The van der Waals surface area contributed by atoms with Crippen molar-refractivity contribution in [1.29, 1.82) is 0 Å². The molecule has 0 amide bonds. The molecule has 1 saturated heterocycles. The monoisotopic (exact) mass is 391 g/mol. The fourth-order valence-electron chi connectivity index (χ4n) is 6.37. The summed E-state index contributed by atoms with van der Waals surface area (Å²) in [5, 5.41) is 3.92. The van der Waals surface area contributed by atoms with Gasteiger partial charge < -0.3 is 5.32 Å². The number of unbranched alkanes of at least 4 members (excludes halogenated alkanes) is 1. The van der Waals surface area contributed by atoms with Gasteiger partial charge in [-0.1, -0.05) is 71.4 Å². The van der Waals surface area contributed by atoms with Gasteiger partial charge in [-0.05, 0) is 43.4 Å². The lowest BCUT2D eigenvalue weighted by molar-refractivity contribution is 0.121. The highest BCUT2D eigenvalue weighted by Crippen LogP contribution is 2.61. The van der Waals surface area contributed by atoms with Crippen LogP contribution in [0.15, 0.2) is 42.5 Å². The summed E-state index contributed by atoms with van der Waals surface area (Å²) in [5.41, 5.74) is 7.55. The first-order valence-corrected chi connectivity index (χ1v) is 11.7. The number of nitrogens with zero attached hydrogens (tertiary/aromatic N) is 1. The van der Waals surface area contributed by atoms with Crippen LogP contribution in [0.2, 0.25) is 0 Å². The molecule has 0 radical (unpaired) electrons. The average molecular weight is 392 g/mol. The van der Waals surface area contributed by atoms with E-state index in [1.54, 1.807) is 5.69 Å². The highest BCUT2D eigenvalue weighted by atomic mass is 15.5. The summed E-state index contributed by atoms with van der Waals surface area (Å²) in [6, 6.07) is 16.7. The molecule has 0 aliphatic carbocycles. The minimum Gasteiger partial charge on any atom is -0.350 e. The summed E-state index contributed by atoms with van der Waals surface area (Å²) in [4.78, 5) is 0. The predicted octanol–water partition coefficient (Wildman–Crippen LogP) is 7.19. The maximum atomic E-state index is 3.92. The normalized spacial score (nSPS) is 32.7. The quantitative estimate of drug-likeness (QED) is 0.420.